The van der Waals surface area contributed by atoms with Crippen LogP contribution in [0, 0.1) is 5.92 Å². The Balaban J connectivity index is 2.17. The molecule has 2 N–H and O–H groups in total. The lowest BCUT2D eigenvalue weighted by Gasteiger charge is -2.34. The van der Waals surface area contributed by atoms with Crippen LogP contribution in [0.2, 0.25) is 10.0 Å². The summed E-state index contributed by atoms with van der Waals surface area (Å²) in [6.07, 6.45) is 2.06. The van der Waals surface area contributed by atoms with Gasteiger partial charge in [0.05, 0.1) is 10.6 Å². The Hall–Kier alpha value is -0.770. The standard InChI is InChI=1S/C14H18Cl2N2O/c1-9(17)10-3-2-6-18(8-10)14(19)12-7-11(15)4-5-13(12)16/h4-5,7,9-10H,2-3,6,8,17H2,1H3/t9-,10-/m1/s1. The van der Waals surface area contributed by atoms with Crippen LogP contribution >= 0.6 is 23.2 Å². The summed E-state index contributed by atoms with van der Waals surface area (Å²) >= 11 is 12.0. The summed E-state index contributed by atoms with van der Waals surface area (Å²) in [6, 6.07) is 5.07. The fourth-order valence-corrected chi connectivity index (χ4v) is 2.83. The maximum Gasteiger partial charge on any atom is 0.255 e. The van der Waals surface area contributed by atoms with E-state index in [2.05, 4.69) is 0 Å². The Morgan fingerprint density at radius 3 is 2.89 bits per heavy atom. The van der Waals surface area contributed by atoms with Gasteiger partial charge in [0.25, 0.3) is 5.91 Å². The van der Waals surface area contributed by atoms with E-state index in [1.54, 1.807) is 18.2 Å². The maximum atomic E-state index is 12.5. The molecular weight excluding hydrogens is 283 g/mol. The normalized spacial score (nSPS) is 21.3. The lowest BCUT2D eigenvalue weighted by Crippen LogP contribution is -2.45. The zero-order valence-electron chi connectivity index (χ0n) is 10.9. The van der Waals surface area contributed by atoms with Crippen LogP contribution in [0.15, 0.2) is 18.2 Å². The smallest absolute Gasteiger partial charge is 0.255 e. The van der Waals surface area contributed by atoms with Crippen molar-refractivity contribution in [3.63, 3.8) is 0 Å². The second-order valence-corrected chi connectivity index (χ2v) is 5.98. The van der Waals surface area contributed by atoms with Crippen LogP contribution in [0.3, 0.4) is 0 Å². The number of nitrogens with two attached hydrogens (primary N) is 1. The molecule has 0 spiro atoms. The molecule has 0 aliphatic carbocycles. The molecule has 1 aliphatic heterocycles. The van der Waals surface area contributed by atoms with Gasteiger partial charge in [0, 0.05) is 24.2 Å². The number of halogens is 2. The Kier molecular flexibility index (Phi) is 4.71. The first-order valence-electron chi connectivity index (χ1n) is 6.49. The summed E-state index contributed by atoms with van der Waals surface area (Å²) in [5.74, 6) is 0.300. The summed E-state index contributed by atoms with van der Waals surface area (Å²) in [6.45, 7) is 3.44. The molecule has 1 aromatic carbocycles. The number of amides is 1. The summed E-state index contributed by atoms with van der Waals surface area (Å²) in [7, 11) is 0. The number of piperidine rings is 1. The predicted octanol–water partition coefficient (Wildman–Crippen LogP) is 3.19. The Morgan fingerprint density at radius 1 is 1.47 bits per heavy atom. The molecule has 2 rings (SSSR count). The van der Waals surface area contributed by atoms with Gasteiger partial charge in [-0.3, -0.25) is 4.79 Å². The van der Waals surface area contributed by atoms with E-state index in [0.717, 1.165) is 19.4 Å². The molecule has 0 saturated carbocycles. The highest BCUT2D eigenvalue weighted by molar-refractivity contribution is 6.35. The van der Waals surface area contributed by atoms with E-state index in [1.165, 1.54) is 0 Å². The summed E-state index contributed by atoms with van der Waals surface area (Å²) < 4.78 is 0. The fourth-order valence-electron chi connectivity index (χ4n) is 2.46. The minimum absolute atomic E-state index is 0.0575. The molecule has 1 amide bonds. The minimum Gasteiger partial charge on any atom is -0.338 e. The van der Waals surface area contributed by atoms with Crippen molar-refractivity contribution in [1.82, 2.24) is 4.90 Å². The summed E-state index contributed by atoms with van der Waals surface area (Å²) in [5, 5.41) is 0.964. The van der Waals surface area contributed by atoms with Crippen molar-refractivity contribution in [2.24, 2.45) is 11.7 Å². The van der Waals surface area contributed by atoms with Gasteiger partial charge in [-0.25, -0.2) is 0 Å². The van der Waals surface area contributed by atoms with E-state index in [4.69, 9.17) is 28.9 Å². The first-order chi connectivity index (χ1) is 8.99. The number of hydrogen-bond acceptors (Lipinski definition) is 2. The van der Waals surface area contributed by atoms with E-state index >= 15 is 0 Å². The van der Waals surface area contributed by atoms with Crippen molar-refractivity contribution in [1.29, 1.82) is 0 Å². The number of nitrogens with zero attached hydrogens (tertiary/aromatic N) is 1. The van der Waals surface area contributed by atoms with E-state index < -0.39 is 0 Å². The second kappa shape index (κ2) is 6.12. The van der Waals surface area contributed by atoms with Crippen molar-refractivity contribution >= 4 is 29.1 Å². The highest BCUT2D eigenvalue weighted by Gasteiger charge is 2.27. The van der Waals surface area contributed by atoms with Crippen molar-refractivity contribution in [3.8, 4) is 0 Å². The van der Waals surface area contributed by atoms with Crippen molar-refractivity contribution in [3.05, 3.63) is 33.8 Å². The molecule has 1 fully saturated rings. The first-order valence-corrected chi connectivity index (χ1v) is 7.24. The number of hydrogen-bond donors (Lipinski definition) is 1. The van der Waals surface area contributed by atoms with E-state index in [9.17, 15) is 4.79 Å². The molecule has 0 bridgehead atoms. The van der Waals surface area contributed by atoms with E-state index in [-0.39, 0.29) is 11.9 Å². The average Bonchev–Trinajstić information content (AvgIpc) is 2.41. The lowest BCUT2D eigenvalue weighted by molar-refractivity contribution is 0.0661. The first kappa shape index (κ1) is 14.6. The fraction of sp³-hybridized carbons (Fsp3) is 0.500. The lowest BCUT2D eigenvalue weighted by atomic mass is 9.92. The van der Waals surface area contributed by atoms with Gasteiger partial charge in [0.15, 0.2) is 0 Å². The highest BCUT2D eigenvalue weighted by Crippen LogP contribution is 2.25. The van der Waals surface area contributed by atoms with Gasteiger partial charge in [-0.15, -0.1) is 0 Å². The minimum atomic E-state index is -0.0575. The molecule has 1 heterocycles. The SMILES string of the molecule is C[C@@H](N)[C@@H]1CCCN(C(=O)c2cc(Cl)ccc2Cl)C1. The molecule has 0 aromatic heterocycles. The molecule has 0 unspecified atom stereocenters. The Morgan fingerprint density at radius 2 is 2.21 bits per heavy atom. The summed E-state index contributed by atoms with van der Waals surface area (Å²) in [5.41, 5.74) is 6.41. The quantitative estimate of drug-likeness (QED) is 0.912. The molecule has 19 heavy (non-hydrogen) atoms. The average molecular weight is 301 g/mol. The molecule has 3 nitrogen and oxygen atoms in total. The Bertz CT molecular complexity index is 477. The number of carbonyl (C=O) groups is 1. The zero-order chi connectivity index (χ0) is 14.0. The second-order valence-electron chi connectivity index (χ2n) is 5.14. The number of carbonyl (C=O) groups excluding carboxylic acids is 1. The number of rotatable bonds is 2. The van der Waals surface area contributed by atoms with Gasteiger partial charge < -0.3 is 10.6 Å². The van der Waals surface area contributed by atoms with Gasteiger partial charge in [0.2, 0.25) is 0 Å². The van der Waals surface area contributed by atoms with Crippen molar-refractivity contribution in [2.75, 3.05) is 13.1 Å². The molecule has 1 saturated heterocycles. The third-order valence-electron chi connectivity index (χ3n) is 3.65. The topological polar surface area (TPSA) is 46.3 Å². The molecule has 0 radical (unpaired) electrons. The third kappa shape index (κ3) is 3.41. The van der Waals surface area contributed by atoms with Gasteiger partial charge in [-0.1, -0.05) is 23.2 Å². The van der Waals surface area contributed by atoms with Crippen LogP contribution in [0.1, 0.15) is 30.1 Å². The van der Waals surface area contributed by atoms with E-state index in [0.29, 0.717) is 28.1 Å². The molecular formula is C14H18Cl2N2O. The van der Waals surface area contributed by atoms with Gasteiger partial charge in [-0.2, -0.15) is 0 Å². The number of likely N-dealkylation sites (tertiary alicyclic amines) is 1. The maximum absolute atomic E-state index is 12.5. The third-order valence-corrected chi connectivity index (χ3v) is 4.21. The van der Waals surface area contributed by atoms with Crippen LogP contribution in [0.4, 0.5) is 0 Å². The molecule has 2 atom stereocenters. The Labute approximate surface area is 123 Å². The van der Waals surface area contributed by atoms with Gasteiger partial charge in [-0.05, 0) is 43.9 Å². The molecule has 104 valence electrons. The monoisotopic (exact) mass is 300 g/mol. The van der Waals surface area contributed by atoms with E-state index in [1.807, 2.05) is 11.8 Å². The molecule has 1 aliphatic rings. The molecule has 5 heteroatoms. The van der Waals surface area contributed by atoms with Gasteiger partial charge >= 0.3 is 0 Å². The van der Waals surface area contributed by atoms with Crippen LogP contribution in [-0.2, 0) is 0 Å². The zero-order valence-corrected chi connectivity index (χ0v) is 12.4. The highest BCUT2D eigenvalue weighted by atomic mass is 35.5. The largest absolute Gasteiger partial charge is 0.338 e. The van der Waals surface area contributed by atoms with Crippen LogP contribution in [-0.4, -0.2) is 29.9 Å². The van der Waals surface area contributed by atoms with Crippen LogP contribution in [0.5, 0.6) is 0 Å². The summed E-state index contributed by atoms with van der Waals surface area (Å²) in [4.78, 5) is 14.3. The van der Waals surface area contributed by atoms with Crippen molar-refractivity contribution < 1.29 is 4.79 Å². The molecule has 1 aromatic rings. The van der Waals surface area contributed by atoms with Crippen molar-refractivity contribution in [2.45, 2.75) is 25.8 Å². The van der Waals surface area contributed by atoms with Gasteiger partial charge in [0.1, 0.15) is 0 Å². The predicted molar refractivity (Wildman–Crippen MR) is 78.7 cm³/mol. The number of benzene rings is 1. The van der Waals surface area contributed by atoms with Crippen LogP contribution in [0.25, 0.3) is 0 Å². The van der Waals surface area contributed by atoms with Crippen LogP contribution < -0.4 is 5.73 Å².